The lowest BCUT2D eigenvalue weighted by atomic mass is 10.1. The van der Waals surface area contributed by atoms with Gasteiger partial charge in [-0.05, 0) is 60.3 Å². The minimum Gasteiger partial charge on any atom is -0.347 e. The molecule has 0 saturated carbocycles. The maximum atomic E-state index is 12.4. The highest BCUT2D eigenvalue weighted by atomic mass is 32.1. The minimum atomic E-state index is -0.111. The van der Waals surface area contributed by atoms with Gasteiger partial charge < -0.3 is 10.2 Å². The van der Waals surface area contributed by atoms with E-state index in [1.54, 1.807) is 35.4 Å². The number of carbonyl (C=O) groups excluding carboxylic acids is 2. The maximum absolute atomic E-state index is 12.4. The fourth-order valence-electron chi connectivity index (χ4n) is 3.23. The van der Waals surface area contributed by atoms with E-state index in [1.165, 1.54) is 0 Å². The van der Waals surface area contributed by atoms with Crippen LogP contribution in [0.3, 0.4) is 0 Å². The van der Waals surface area contributed by atoms with E-state index in [-0.39, 0.29) is 18.4 Å². The largest absolute Gasteiger partial charge is 0.347 e. The van der Waals surface area contributed by atoms with Crippen molar-refractivity contribution in [3.63, 3.8) is 0 Å². The Balaban J connectivity index is 1.45. The molecule has 2 amide bonds. The zero-order valence-corrected chi connectivity index (χ0v) is 17.1. The summed E-state index contributed by atoms with van der Waals surface area (Å²) in [5.41, 5.74) is 7.60. The predicted molar refractivity (Wildman–Crippen MR) is 117 cm³/mol. The van der Waals surface area contributed by atoms with Gasteiger partial charge in [-0.3, -0.25) is 20.0 Å². The molecule has 0 fully saturated rings. The number of benzene rings is 2. The Hall–Kier alpha value is -3.32. The normalized spacial score (nSPS) is 13.2. The molecular formula is C22H22N4O2S. The zero-order chi connectivity index (χ0) is 20.4. The molecule has 148 valence electrons. The molecule has 1 aliphatic heterocycles. The van der Waals surface area contributed by atoms with Crippen molar-refractivity contribution in [3.8, 4) is 0 Å². The number of thiophene rings is 1. The summed E-state index contributed by atoms with van der Waals surface area (Å²) in [4.78, 5) is 27.5. The summed E-state index contributed by atoms with van der Waals surface area (Å²) in [6, 6.07) is 17.2. The Morgan fingerprint density at radius 3 is 2.62 bits per heavy atom. The number of carbonyl (C=O) groups is 2. The summed E-state index contributed by atoms with van der Waals surface area (Å²) in [7, 11) is 1.79. The third kappa shape index (κ3) is 4.09. The molecule has 2 heterocycles. The van der Waals surface area contributed by atoms with E-state index in [2.05, 4.69) is 10.7 Å². The van der Waals surface area contributed by atoms with Crippen molar-refractivity contribution >= 4 is 40.2 Å². The topological polar surface area (TPSA) is 64.7 Å². The molecule has 1 aliphatic rings. The van der Waals surface area contributed by atoms with Gasteiger partial charge in [0.15, 0.2) is 0 Å². The highest BCUT2D eigenvalue weighted by Gasteiger charge is 2.26. The Kier molecular flexibility index (Phi) is 5.22. The van der Waals surface area contributed by atoms with Crippen LogP contribution in [0, 0.1) is 6.92 Å². The molecule has 0 radical (unpaired) electrons. The second kappa shape index (κ2) is 7.97. The van der Waals surface area contributed by atoms with Crippen LogP contribution < -0.4 is 20.7 Å². The highest BCUT2D eigenvalue weighted by Crippen LogP contribution is 2.33. The van der Waals surface area contributed by atoms with E-state index in [1.807, 2.05) is 59.8 Å². The molecule has 6 nitrogen and oxygen atoms in total. The first-order valence-corrected chi connectivity index (χ1v) is 10.2. The van der Waals surface area contributed by atoms with Crippen LogP contribution >= 0.6 is 11.3 Å². The Labute approximate surface area is 173 Å². The molecule has 4 rings (SSSR count). The summed E-state index contributed by atoms with van der Waals surface area (Å²) in [5, 5.41) is 6.75. The van der Waals surface area contributed by atoms with Crippen LogP contribution in [-0.2, 0) is 11.3 Å². The monoisotopic (exact) mass is 406 g/mol. The molecule has 0 bridgehead atoms. The molecule has 1 aromatic heterocycles. The van der Waals surface area contributed by atoms with Crippen LogP contribution in [0.1, 0.15) is 20.8 Å². The van der Waals surface area contributed by atoms with Gasteiger partial charge in [-0.25, -0.2) is 0 Å². The maximum Gasteiger partial charge on any atom is 0.251 e. The van der Waals surface area contributed by atoms with Crippen molar-refractivity contribution in [2.75, 3.05) is 28.9 Å². The van der Waals surface area contributed by atoms with Crippen LogP contribution in [0.15, 0.2) is 60.0 Å². The van der Waals surface area contributed by atoms with E-state index in [0.29, 0.717) is 12.1 Å². The van der Waals surface area contributed by atoms with Crippen LogP contribution in [0.2, 0.25) is 0 Å². The lowest BCUT2D eigenvalue weighted by molar-refractivity contribution is -0.117. The highest BCUT2D eigenvalue weighted by molar-refractivity contribution is 7.09. The Morgan fingerprint density at radius 1 is 1.10 bits per heavy atom. The van der Waals surface area contributed by atoms with Crippen LogP contribution in [0.4, 0.5) is 17.1 Å². The quantitative estimate of drug-likeness (QED) is 0.677. The molecule has 3 aromatic rings. The standard InChI is InChI=1S/C22H22N4O2S/c1-15-5-10-19-20(12-15)25(2)21(27)14-26(19)24-17-8-6-16(7-9-17)22(28)23-13-18-4-3-11-29-18/h3-12,24H,13-14H2,1-2H3,(H,23,28). The molecule has 29 heavy (non-hydrogen) atoms. The number of amides is 2. The third-order valence-corrected chi connectivity index (χ3v) is 5.74. The molecule has 0 aliphatic carbocycles. The number of likely N-dealkylation sites (N-methyl/N-ethyl adjacent to an activating group) is 1. The van der Waals surface area contributed by atoms with Crippen LogP contribution in [-0.4, -0.2) is 25.4 Å². The molecule has 2 aromatic carbocycles. The summed E-state index contributed by atoms with van der Waals surface area (Å²) >= 11 is 1.62. The van der Waals surface area contributed by atoms with E-state index >= 15 is 0 Å². The first kappa shape index (κ1) is 19.0. The molecule has 7 heteroatoms. The van der Waals surface area contributed by atoms with E-state index in [9.17, 15) is 9.59 Å². The summed E-state index contributed by atoms with van der Waals surface area (Å²) in [6.45, 7) is 2.76. The number of nitrogens with one attached hydrogen (secondary N) is 2. The lowest BCUT2D eigenvalue weighted by Crippen LogP contribution is -2.46. The van der Waals surface area contributed by atoms with Gasteiger partial charge in [-0.15, -0.1) is 11.3 Å². The Bertz CT molecular complexity index is 1030. The smallest absolute Gasteiger partial charge is 0.251 e. The summed E-state index contributed by atoms with van der Waals surface area (Å²) in [5.74, 6) is -0.0966. The molecular weight excluding hydrogens is 384 g/mol. The second-order valence-corrected chi connectivity index (χ2v) is 8.01. The molecule has 2 N–H and O–H groups in total. The van der Waals surface area contributed by atoms with E-state index in [4.69, 9.17) is 0 Å². The average Bonchev–Trinajstić information content (AvgIpc) is 3.24. The van der Waals surface area contributed by atoms with Crippen molar-refractivity contribution in [2.24, 2.45) is 0 Å². The molecule has 0 spiro atoms. The van der Waals surface area contributed by atoms with Gasteiger partial charge in [0.05, 0.1) is 23.6 Å². The van der Waals surface area contributed by atoms with Crippen molar-refractivity contribution < 1.29 is 9.59 Å². The SMILES string of the molecule is Cc1ccc2c(c1)N(C)C(=O)CN2Nc1ccc(C(=O)NCc2cccs2)cc1. The molecule has 0 atom stereocenters. The van der Waals surface area contributed by atoms with Gasteiger partial charge in [0.2, 0.25) is 5.91 Å². The van der Waals surface area contributed by atoms with Crippen molar-refractivity contribution in [1.29, 1.82) is 0 Å². The van der Waals surface area contributed by atoms with Crippen molar-refractivity contribution in [2.45, 2.75) is 13.5 Å². The van der Waals surface area contributed by atoms with Gasteiger partial charge in [0.1, 0.15) is 6.54 Å². The van der Waals surface area contributed by atoms with Crippen LogP contribution in [0.5, 0.6) is 0 Å². The zero-order valence-electron chi connectivity index (χ0n) is 16.3. The first-order valence-electron chi connectivity index (χ1n) is 9.33. The summed E-state index contributed by atoms with van der Waals surface area (Å²) < 4.78 is 0. The van der Waals surface area contributed by atoms with Gasteiger partial charge in [-0.2, -0.15) is 0 Å². The Morgan fingerprint density at radius 2 is 1.90 bits per heavy atom. The number of hydrogen-bond acceptors (Lipinski definition) is 5. The van der Waals surface area contributed by atoms with E-state index < -0.39 is 0 Å². The third-order valence-electron chi connectivity index (χ3n) is 4.86. The lowest BCUT2D eigenvalue weighted by Gasteiger charge is -2.36. The van der Waals surface area contributed by atoms with Crippen molar-refractivity contribution in [1.82, 2.24) is 5.32 Å². The average molecular weight is 407 g/mol. The van der Waals surface area contributed by atoms with Gasteiger partial charge in [-0.1, -0.05) is 12.1 Å². The number of fused-ring (bicyclic) bond motifs is 1. The number of hydrogen-bond donors (Lipinski definition) is 2. The number of aryl methyl sites for hydroxylation is 1. The first-order chi connectivity index (χ1) is 14.0. The number of hydrazine groups is 1. The predicted octanol–water partition coefficient (Wildman–Crippen LogP) is 3.80. The van der Waals surface area contributed by atoms with E-state index in [0.717, 1.165) is 27.5 Å². The second-order valence-electron chi connectivity index (χ2n) is 6.98. The van der Waals surface area contributed by atoms with Gasteiger partial charge >= 0.3 is 0 Å². The van der Waals surface area contributed by atoms with Gasteiger partial charge in [0, 0.05) is 17.5 Å². The fourth-order valence-corrected chi connectivity index (χ4v) is 3.87. The number of rotatable bonds is 5. The minimum absolute atomic E-state index is 0.0141. The van der Waals surface area contributed by atoms with Gasteiger partial charge in [0.25, 0.3) is 5.91 Å². The fraction of sp³-hybridized carbons (Fsp3) is 0.182. The number of nitrogens with zero attached hydrogens (tertiary/aromatic N) is 2. The molecule has 0 unspecified atom stereocenters. The van der Waals surface area contributed by atoms with Crippen molar-refractivity contribution in [3.05, 3.63) is 76.0 Å². The summed E-state index contributed by atoms with van der Waals surface area (Å²) in [6.07, 6.45) is 0. The molecule has 0 saturated heterocycles. The number of anilines is 3. The van der Waals surface area contributed by atoms with Crippen LogP contribution in [0.25, 0.3) is 0 Å².